The van der Waals surface area contributed by atoms with Gasteiger partial charge in [-0.05, 0) is 38.5 Å². The Morgan fingerprint density at radius 1 is 1.29 bits per heavy atom. The minimum absolute atomic E-state index is 0.102. The van der Waals surface area contributed by atoms with Gasteiger partial charge in [-0.2, -0.15) is 5.10 Å². The minimum atomic E-state index is -0.353. The molecule has 0 aliphatic rings. The predicted octanol–water partition coefficient (Wildman–Crippen LogP) is 2.67. The van der Waals surface area contributed by atoms with Crippen LogP contribution in [0.15, 0.2) is 24.3 Å². The highest BCUT2D eigenvalue weighted by Gasteiger charge is 2.21. The highest BCUT2D eigenvalue weighted by Crippen LogP contribution is 2.30. The minimum Gasteiger partial charge on any atom is -0.384 e. The van der Waals surface area contributed by atoms with E-state index in [-0.39, 0.29) is 11.7 Å². The van der Waals surface area contributed by atoms with Crippen LogP contribution in [0, 0.1) is 25.1 Å². The molecule has 0 atom stereocenters. The number of nitrogens with zero attached hydrogens (tertiary/aromatic N) is 3. The number of aryl methyl sites for hydroxylation is 1. The zero-order valence-corrected chi connectivity index (χ0v) is 12.3. The normalized spacial score (nSPS) is 10.5. The zero-order chi connectivity index (χ0) is 15.6. The van der Waals surface area contributed by atoms with Gasteiger partial charge in [-0.3, -0.25) is 5.41 Å². The molecule has 110 valence electrons. The molecule has 0 unspecified atom stereocenters. The van der Waals surface area contributed by atoms with Crippen molar-refractivity contribution in [2.75, 3.05) is 11.4 Å². The molecule has 0 fully saturated rings. The van der Waals surface area contributed by atoms with Crippen LogP contribution in [0.5, 0.6) is 0 Å². The first-order valence-corrected chi connectivity index (χ1v) is 6.67. The van der Waals surface area contributed by atoms with E-state index in [2.05, 4.69) is 10.2 Å². The largest absolute Gasteiger partial charge is 0.384 e. The molecule has 2 aromatic rings. The first-order chi connectivity index (χ1) is 9.97. The molecular formula is C15H18FN5. The van der Waals surface area contributed by atoms with Gasteiger partial charge in [0.05, 0.1) is 16.9 Å². The highest BCUT2D eigenvalue weighted by molar-refractivity contribution is 6.01. The van der Waals surface area contributed by atoms with Crippen LogP contribution >= 0.6 is 0 Å². The lowest BCUT2D eigenvalue weighted by atomic mass is 10.1. The van der Waals surface area contributed by atoms with Crippen molar-refractivity contribution in [1.82, 2.24) is 10.2 Å². The first-order valence-electron chi connectivity index (χ1n) is 6.67. The summed E-state index contributed by atoms with van der Waals surface area (Å²) in [5.41, 5.74) is 8.05. The molecule has 0 radical (unpaired) electrons. The molecule has 0 spiro atoms. The van der Waals surface area contributed by atoms with Crippen LogP contribution in [-0.4, -0.2) is 22.6 Å². The Hall–Kier alpha value is -2.50. The van der Waals surface area contributed by atoms with Crippen molar-refractivity contribution in [1.29, 1.82) is 5.41 Å². The Bertz CT molecular complexity index is 684. The first kappa shape index (κ1) is 14.9. The fourth-order valence-electron chi connectivity index (χ4n) is 2.21. The van der Waals surface area contributed by atoms with E-state index in [9.17, 15) is 4.39 Å². The van der Waals surface area contributed by atoms with Crippen LogP contribution in [0.3, 0.4) is 0 Å². The van der Waals surface area contributed by atoms with Crippen molar-refractivity contribution >= 4 is 17.3 Å². The molecule has 2 rings (SSSR count). The van der Waals surface area contributed by atoms with Crippen LogP contribution in [-0.2, 0) is 0 Å². The summed E-state index contributed by atoms with van der Waals surface area (Å²) in [5, 5.41) is 16.0. The molecule has 0 amide bonds. The summed E-state index contributed by atoms with van der Waals surface area (Å²) in [5.74, 6) is -0.0534. The third-order valence-corrected chi connectivity index (χ3v) is 3.42. The predicted molar refractivity (Wildman–Crippen MR) is 81.6 cm³/mol. The number of halogens is 1. The summed E-state index contributed by atoms with van der Waals surface area (Å²) in [7, 11) is 0. The van der Waals surface area contributed by atoms with Crippen molar-refractivity contribution in [3.05, 3.63) is 46.9 Å². The van der Waals surface area contributed by atoms with Crippen molar-refractivity contribution in [3.63, 3.8) is 0 Å². The van der Waals surface area contributed by atoms with Crippen molar-refractivity contribution < 1.29 is 4.39 Å². The van der Waals surface area contributed by atoms with E-state index in [0.717, 1.165) is 5.56 Å². The summed E-state index contributed by atoms with van der Waals surface area (Å²) in [6, 6.07) is 6.44. The standard InChI is InChI=1S/C15H18FN5/c1-4-21(12-8-6-5-7-11(12)16)15-13(14(17)18)9(2)10(3)19-20-15/h5-8H,4H2,1-3H3,(H3,17,18). The Morgan fingerprint density at radius 3 is 2.52 bits per heavy atom. The Balaban J connectivity index is 2.67. The second-order valence-electron chi connectivity index (χ2n) is 4.72. The Kier molecular flexibility index (Phi) is 4.16. The molecule has 6 heteroatoms. The van der Waals surface area contributed by atoms with Gasteiger partial charge in [0.25, 0.3) is 0 Å². The summed E-state index contributed by atoms with van der Waals surface area (Å²) < 4.78 is 14.1. The molecule has 0 saturated heterocycles. The number of aromatic nitrogens is 2. The van der Waals surface area contributed by atoms with E-state index in [1.54, 1.807) is 30.0 Å². The van der Waals surface area contributed by atoms with E-state index in [0.29, 0.717) is 29.3 Å². The molecule has 0 aliphatic carbocycles. The van der Waals surface area contributed by atoms with Gasteiger partial charge in [-0.1, -0.05) is 12.1 Å². The Labute approximate surface area is 123 Å². The lowest BCUT2D eigenvalue weighted by Crippen LogP contribution is -2.26. The number of rotatable bonds is 4. The van der Waals surface area contributed by atoms with E-state index in [1.165, 1.54) is 6.07 Å². The third-order valence-electron chi connectivity index (χ3n) is 3.42. The smallest absolute Gasteiger partial charge is 0.167 e. The number of nitrogens with one attached hydrogen (secondary N) is 1. The maximum Gasteiger partial charge on any atom is 0.167 e. The van der Waals surface area contributed by atoms with E-state index in [4.69, 9.17) is 11.1 Å². The van der Waals surface area contributed by atoms with Gasteiger partial charge in [-0.25, -0.2) is 4.39 Å². The van der Waals surface area contributed by atoms with Crippen LogP contribution < -0.4 is 10.6 Å². The molecule has 5 nitrogen and oxygen atoms in total. The van der Waals surface area contributed by atoms with Gasteiger partial charge in [0.2, 0.25) is 0 Å². The monoisotopic (exact) mass is 287 g/mol. The second kappa shape index (κ2) is 5.87. The fourth-order valence-corrected chi connectivity index (χ4v) is 2.21. The van der Waals surface area contributed by atoms with Gasteiger partial charge < -0.3 is 10.6 Å². The number of amidine groups is 1. The summed E-state index contributed by atoms with van der Waals surface area (Å²) in [6.45, 7) is 6.00. The number of hydrogen-bond donors (Lipinski definition) is 2. The summed E-state index contributed by atoms with van der Waals surface area (Å²) in [6.07, 6.45) is 0. The molecule has 0 bridgehead atoms. The number of anilines is 2. The molecule has 1 heterocycles. The quantitative estimate of drug-likeness (QED) is 0.669. The maximum atomic E-state index is 14.1. The second-order valence-corrected chi connectivity index (χ2v) is 4.72. The van der Waals surface area contributed by atoms with Crippen LogP contribution in [0.1, 0.15) is 23.7 Å². The average molecular weight is 287 g/mol. The number of para-hydroxylation sites is 1. The molecule has 21 heavy (non-hydrogen) atoms. The van der Waals surface area contributed by atoms with Crippen molar-refractivity contribution in [2.24, 2.45) is 5.73 Å². The van der Waals surface area contributed by atoms with E-state index >= 15 is 0 Å². The Morgan fingerprint density at radius 2 is 1.95 bits per heavy atom. The van der Waals surface area contributed by atoms with Crippen molar-refractivity contribution in [3.8, 4) is 0 Å². The number of benzene rings is 1. The van der Waals surface area contributed by atoms with Gasteiger partial charge >= 0.3 is 0 Å². The fraction of sp³-hybridized carbons (Fsp3) is 0.267. The topological polar surface area (TPSA) is 78.9 Å². The number of hydrogen-bond acceptors (Lipinski definition) is 4. The van der Waals surface area contributed by atoms with Crippen LogP contribution in [0.25, 0.3) is 0 Å². The number of nitrogen functional groups attached to an aromatic ring is 1. The third kappa shape index (κ3) is 2.69. The van der Waals surface area contributed by atoms with E-state index < -0.39 is 0 Å². The average Bonchev–Trinajstić information content (AvgIpc) is 2.45. The zero-order valence-electron chi connectivity index (χ0n) is 12.3. The molecule has 3 N–H and O–H groups in total. The van der Waals surface area contributed by atoms with Crippen LogP contribution in [0.2, 0.25) is 0 Å². The molecule has 1 aromatic heterocycles. The number of nitrogens with two attached hydrogens (primary N) is 1. The van der Waals surface area contributed by atoms with Gasteiger partial charge in [-0.15, -0.1) is 5.10 Å². The molecule has 0 saturated carbocycles. The van der Waals surface area contributed by atoms with Crippen molar-refractivity contribution in [2.45, 2.75) is 20.8 Å². The lowest BCUT2D eigenvalue weighted by molar-refractivity contribution is 0.625. The van der Waals surface area contributed by atoms with Gasteiger partial charge in [0.15, 0.2) is 5.82 Å². The molecule has 1 aromatic carbocycles. The van der Waals surface area contributed by atoms with Gasteiger partial charge in [0.1, 0.15) is 11.7 Å². The molecule has 0 aliphatic heterocycles. The highest BCUT2D eigenvalue weighted by atomic mass is 19.1. The van der Waals surface area contributed by atoms with Crippen LogP contribution in [0.4, 0.5) is 15.9 Å². The van der Waals surface area contributed by atoms with E-state index in [1.807, 2.05) is 13.8 Å². The van der Waals surface area contributed by atoms with Gasteiger partial charge in [0, 0.05) is 6.54 Å². The summed E-state index contributed by atoms with van der Waals surface area (Å²) >= 11 is 0. The lowest BCUT2D eigenvalue weighted by Gasteiger charge is -2.25. The summed E-state index contributed by atoms with van der Waals surface area (Å²) in [4.78, 5) is 1.67. The maximum absolute atomic E-state index is 14.1. The SMILES string of the molecule is CCN(c1ccccc1F)c1nnc(C)c(C)c1C(=N)N. The molecular weight excluding hydrogens is 269 g/mol.